The second kappa shape index (κ2) is 7.31. The van der Waals surface area contributed by atoms with E-state index in [0.717, 1.165) is 12.8 Å². The van der Waals surface area contributed by atoms with Crippen molar-refractivity contribution in [1.82, 2.24) is 5.32 Å². The predicted octanol–water partition coefficient (Wildman–Crippen LogP) is 2.90. The van der Waals surface area contributed by atoms with Gasteiger partial charge in [0, 0.05) is 12.0 Å². The Labute approximate surface area is 122 Å². The summed E-state index contributed by atoms with van der Waals surface area (Å²) < 4.78 is 1.17. The Bertz CT molecular complexity index is 386. The zero-order valence-electron chi connectivity index (χ0n) is 11.1. The third-order valence-corrected chi connectivity index (χ3v) is 5.88. The molecule has 2 rings (SSSR count). The van der Waals surface area contributed by atoms with Crippen LogP contribution in [0.5, 0.6) is 0 Å². The van der Waals surface area contributed by atoms with Gasteiger partial charge in [0.15, 0.2) is 0 Å². The van der Waals surface area contributed by atoms with Crippen LogP contribution in [-0.4, -0.2) is 29.9 Å². The van der Waals surface area contributed by atoms with Crippen molar-refractivity contribution in [2.45, 2.75) is 36.3 Å². The molecule has 5 heteroatoms. The normalized spacial score (nSPS) is 18.2. The summed E-state index contributed by atoms with van der Waals surface area (Å²) in [6, 6.07) is 4.02. The van der Waals surface area contributed by atoms with Gasteiger partial charge < -0.3 is 10.4 Å². The van der Waals surface area contributed by atoms with Gasteiger partial charge in [-0.2, -0.15) is 0 Å². The van der Waals surface area contributed by atoms with Crippen LogP contribution in [0.3, 0.4) is 0 Å². The highest BCUT2D eigenvalue weighted by Crippen LogP contribution is 2.35. The molecule has 0 bridgehead atoms. The van der Waals surface area contributed by atoms with Gasteiger partial charge >= 0.3 is 0 Å². The molecule has 1 aliphatic carbocycles. The van der Waals surface area contributed by atoms with Gasteiger partial charge in [0.25, 0.3) is 0 Å². The van der Waals surface area contributed by atoms with E-state index >= 15 is 0 Å². The van der Waals surface area contributed by atoms with Gasteiger partial charge in [-0.3, -0.25) is 4.79 Å². The molecule has 1 saturated carbocycles. The fraction of sp³-hybridized carbons (Fsp3) is 0.643. The van der Waals surface area contributed by atoms with Crippen molar-refractivity contribution in [3.05, 3.63) is 17.5 Å². The van der Waals surface area contributed by atoms with Crippen LogP contribution in [0.4, 0.5) is 0 Å². The van der Waals surface area contributed by atoms with E-state index in [4.69, 9.17) is 0 Å². The number of thioether (sulfide) groups is 1. The van der Waals surface area contributed by atoms with Crippen LogP contribution in [0.1, 0.15) is 32.1 Å². The molecule has 1 aromatic heterocycles. The summed E-state index contributed by atoms with van der Waals surface area (Å²) >= 11 is 3.23. The van der Waals surface area contributed by atoms with Crippen LogP contribution in [0, 0.1) is 5.41 Å². The number of nitrogens with one attached hydrogen (secondary N) is 1. The first-order valence-corrected chi connectivity index (χ1v) is 8.64. The molecular formula is C14H21NO2S2. The first-order chi connectivity index (χ1) is 9.24. The molecule has 0 aliphatic heterocycles. The maximum absolute atomic E-state index is 11.8. The number of aliphatic hydroxyl groups excluding tert-OH is 1. The van der Waals surface area contributed by atoms with Crippen molar-refractivity contribution in [3.8, 4) is 0 Å². The van der Waals surface area contributed by atoms with Crippen LogP contribution >= 0.6 is 23.1 Å². The molecule has 1 aromatic rings. The molecule has 1 fully saturated rings. The van der Waals surface area contributed by atoms with Gasteiger partial charge in [-0.1, -0.05) is 25.3 Å². The van der Waals surface area contributed by atoms with Crippen LogP contribution in [0.2, 0.25) is 0 Å². The lowest BCUT2D eigenvalue weighted by Crippen LogP contribution is -2.41. The second-order valence-corrected chi connectivity index (χ2v) is 7.44. The summed E-state index contributed by atoms with van der Waals surface area (Å²) in [5, 5.41) is 14.6. The van der Waals surface area contributed by atoms with Crippen LogP contribution in [0.25, 0.3) is 0 Å². The fourth-order valence-corrected chi connectivity index (χ4v) is 4.13. The van der Waals surface area contributed by atoms with Crippen molar-refractivity contribution in [2.24, 2.45) is 5.41 Å². The Morgan fingerprint density at radius 3 is 2.84 bits per heavy atom. The topological polar surface area (TPSA) is 49.3 Å². The monoisotopic (exact) mass is 299 g/mol. The number of carbonyl (C=O) groups is 1. The molecule has 0 atom stereocenters. The molecule has 3 nitrogen and oxygen atoms in total. The Kier molecular flexibility index (Phi) is 5.73. The second-order valence-electron chi connectivity index (χ2n) is 5.22. The van der Waals surface area contributed by atoms with Crippen LogP contribution < -0.4 is 5.32 Å². The van der Waals surface area contributed by atoms with E-state index in [1.165, 1.54) is 23.5 Å². The lowest BCUT2D eigenvalue weighted by atomic mass is 9.74. The number of thiophene rings is 1. The highest BCUT2D eigenvalue weighted by molar-refractivity contribution is 8.01. The highest BCUT2D eigenvalue weighted by Gasteiger charge is 2.31. The van der Waals surface area contributed by atoms with E-state index in [1.807, 2.05) is 17.5 Å². The van der Waals surface area contributed by atoms with E-state index in [2.05, 4.69) is 5.32 Å². The molecular weight excluding hydrogens is 278 g/mol. The first-order valence-electron chi connectivity index (χ1n) is 6.78. The Hall–Kier alpha value is -0.520. The molecule has 1 aliphatic rings. The van der Waals surface area contributed by atoms with Crippen molar-refractivity contribution < 1.29 is 9.90 Å². The molecule has 19 heavy (non-hydrogen) atoms. The summed E-state index contributed by atoms with van der Waals surface area (Å²) in [5.74, 6) is 0.527. The number of carbonyl (C=O) groups excluding carboxylic acids is 1. The van der Waals surface area contributed by atoms with Crippen LogP contribution in [0.15, 0.2) is 21.7 Å². The summed E-state index contributed by atoms with van der Waals surface area (Å²) in [6.07, 6.45) is 5.65. The van der Waals surface area contributed by atoms with E-state index in [1.54, 1.807) is 23.1 Å². The van der Waals surface area contributed by atoms with Crippen LogP contribution in [-0.2, 0) is 4.79 Å². The molecule has 0 spiro atoms. The minimum absolute atomic E-state index is 0.0665. The van der Waals surface area contributed by atoms with E-state index in [-0.39, 0.29) is 17.9 Å². The number of hydrogen-bond donors (Lipinski definition) is 2. The zero-order chi connectivity index (χ0) is 13.6. The SMILES string of the molecule is O=C(CSc1cccs1)NCC1(CO)CCCCC1. The minimum Gasteiger partial charge on any atom is -0.396 e. The predicted molar refractivity (Wildman–Crippen MR) is 80.7 cm³/mol. The average molecular weight is 299 g/mol. The number of rotatable bonds is 6. The van der Waals surface area contributed by atoms with Gasteiger partial charge in [-0.15, -0.1) is 23.1 Å². The largest absolute Gasteiger partial charge is 0.396 e. The fourth-order valence-electron chi connectivity index (χ4n) is 2.51. The number of aliphatic hydroxyl groups is 1. The molecule has 0 radical (unpaired) electrons. The minimum atomic E-state index is -0.0679. The number of amides is 1. The third-order valence-electron chi connectivity index (χ3n) is 3.75. The van der Waals surface area contributed by atoms with Crippen molar-refractivity contribution in [2.75, 3.05) is 18.9 Å². The molecule has 1 heterocycles. The lowest BCUT2D eigenvalue weighted by Gasteiger charge is -2.35. The maximum atomic E-state index is 11.8. The quantitative estimate of drug-likeness (QED) is 0.794. The van der Waals surface area contributed by atoms with Crippen molar-refractivity contribution in [1.29, 1.82) is 0 Å². The molecule has 1 amide bonds. The van der Waals surface area contributed by atoms with Gasteiger partial charge in [-0.05, 0) is 24.3 Å². The summed E-state index contributed by atoms with van der Waals surface area (Å²) in [5.41, 5.74) is -0.0679. The Balaban J connectivity index is 1.72. The smallest absolute Gasteiger partial charge is 0.230 e. The molecule has 0 unspecified atom stereocenters. The molecule has 2 N–H and O–H groups in total. The molecule has 106 valence electrons. The Morgan fingerprint density at radius 2 is 2.21 bits per heavy atom. The molecule has 0 aromatic carbocycles. The zero-order valence-corrected chi connectivity index (χ0v) is 12.7. The van der Waals surface area contributed by atoms with Gasteiger partial charge in [0.05, 0.1) is 16.6 Å². The van der Waals surface area contributed by atoms with Gasteiger partial charge in [0.2, 0.25) is 5.91 Å². The lowest BCUT2D eigenvalue weighted by molar-refractivity contribution is -0.119. The maximum Gasteiger partial charge on any atom is 0.230 e. The molecule has 0 saturated heterocycles. The van der Waals surface area contributed by atoms with E-state index in [9.17, 15) is 9.90 Å². The summed E-state index contributed by atoms with van der Waals surface area (Å²) in [4.78, 5) is 11.8. The first kappa shape index (κ1) is 14.9. The van der Waals surface area contributed by atoms with Gasteiger partial charge in [-0.25, -0.2) is 0 Å². The van der Waals surface area contributed by atoms with E-state index in [0.29, 0.717) is 12.3 Å². The summed E-state index contributed by atoms with van der Waals surface area (Å²) in [6.45, 7) is 0.804. The third kappa shape index (κ3) is 4.51. The van der Waals surface area contributed by atoms with Crippen molar-refractivity contribution in [3.63, 3.8) is 0 Å². The summed E-state index contributed by atoms with van der Waals surface area (Å²) in [7, 11) is 0. The standard InChI is InChI=1S/C14H21NO2S2/c16-11-14(6-2-1-3-7-14)10-15-12(17)9-19-13-5-4-8-18-13/h4-5,8,16H,1-3,6-7,9-11H2,(H,15,17). The average Bonchev–Trinajstić information content (AvgIpc) is 2.97. The van der Waals surface area contributed by atoms with E-state index < -0.39 is 0 Å². The van der Waals surface area contributed by atoms with Gasteiger partial charge in [0.1, 0.15) is 0 Å². The number of hydrogen-bond acceptors (Lipinski definition) is 4. The van der Waals surface area contributed by atoms with Crippen molar-refractivity contribution >= 4 is 29.0 Å². The Morgan fingerprint density at radius 1 is 1.42 bits per heavy atom. The highest BCUT2D eigenvalue weighted by atomic mass is 32.2.